The lowest BCUT2D eigenvalue weighted by molar-refractivity contribution is -0.385. The lowest BCUT2D eigenvalue weighted by Crippen LogP contribution is -2.18. The molecule has 1 aliphatic heterocycles. The predicted molar refractivity (Wildman–Crippen MR) is 62.5 cm³/mol. The maximum atomic E-state index is 10.8. The lowest BCUT2D eigenvalue weighted by atomic mass is 10.2. The maximum absolute atomic E-state index is 10.8. The molecule has 0 amide bonds. The van der Waals surface area contributed by atoms with Gasteiger partial charge in [-0.25, -0.2) is 0 Å². The summed E-state index contributed by atoms with van der Waals surface area (Å²) in [7, 11) is 1.42. The topological polar surface area (TPSA) is 73.6 Å². The third-order valence-electron chi connectivity index (χ3n) is 2.68. The maximum Gasteiger partial charge on any atom is 0.312 e. The molecule has 92 valence electrons. The highest BCUT2D eigenvalue weighted by Crippen LogP contribution is 2.30. The molecule has 0 bridgehead atoms. The van der Waals surface area contributed by atoms with Crippen molar-refractivity contribution in [1.29, 1.82) is 0 Å². The van der Waals surface area contributed by atoms with Crippen LogP contribution in [0.4, 0.5) is 11.4 Å². The molecular formula is C11H14N2O4. The molecule has 0 radical (unpaired) electrons. The first kappa shape index (κ1) is 11.7. The van der Waals surface area contributed by atoms with E-state index < -0.39 is 4.92 Å². The highest BCUT2D eigenvalue weighted by molar-refractivity contribution is 5.58. The van der Waals surface area contributed by atoms with Crippen LogP contribution in [0.15, 0.2) is 18.2 Å². The van der Waals surface area contributed by atoms with Gasteiger partial charge in [0.1, 0.15) is 0 Å². The largest absolute Gasteiger partial charge is 0.490 e. The van der Waals surface area contributed by atoms with Crippen LogP contribution in [0.5, 0.6) is 5.75 Å². The van der Waals surface area contributed by atoms with Gasteiger partial charge in [0.25, 0.3) is 0 Å². The Morgan fingerprint density at radius 1 is 1.59 bits per heavy atom. The quantitative estimate of drug-likeness (QED) is 0.639. The van der Waals surface area contributed by atoms with Crippen molar-refractivity contribution in [3.63, 3.8) is 0 Å². The number of nitrogens with one attached hydrogen (secondary N) is 1. The average Bonchev–Trinajstić information content (AvgIpc) is 2.81. The molecule has 1 aliphatic rings. The van der Waals surface area contributed by atoms with Crippen molar-refractivity contribution in [2.75, 3.05) is 25.6 Å². The van der Waals surface area contributed by atoms with Crippen molar-refractivity contribution >= 4 is 11.4 Å². The SMILES string of the molecule is COc1ccc(NC2CCOC2)cc1[N+](=O)[O-]. The summed E-state index contributed by atoms with van der Waals surface area (Å²) >= 11 is 0. The Balaban J connectivity index is 2.17. The molecule has 1 N–H and O–H groups in total. The van der Waals surface area contributed by atoms with E-state index in [1.54, 1.807) is 12.1 Å². The van der Waals surface area contributed by atoms with E-state index in [0.717, 1.165) is 13.0 Å². The first-order valence-corrected chi connectivity index (χ1v) is 5.37. The van der Waals surface area contributed by atoms with Crippen molar-refractivity contribution in [2.45, 2.75) is 12.5 Å². The standard InChI is InChI=1S/C11H14N2O4/c1-16-11-3-2-8(6-10(11)13(14)15)12-9-4-5-17-7-9/h2-3,6,9,12H,4-5,7H2,1H3. The van der Waals surface area contributed by atoms with Crippen LogP contribution in [0.25, 0.3) is 0 Å². The van der Waals surface area contributed by atoms with Crippen molar-refractivity contribution in [3.05, 3.63) is 28.3 Å². The fourth-order valence-corrected chi connectivity index (χ4v) is 1.81. The van der Waals surface area contributed by atoms with Crippen LogP contribution in [-0.2, 0) is 4.74 Å². The highest BCUT2D eigenvalue weighted by Gasteiger charge is 2.19. The van der Waals surface area contributed by atoms with Crippen LogP contribution in [0.2, 0.25) is 0 Å². The summed E-state index contributed by atoms with van der Waals surface area (Å²) in [5.74, 6) is 0.267. The third-order valence-corrected chi connectivity index (χ3v) is 2.68. The molecule has 2 rings (SSSR count). The molecule has 6 heteroatoms. The van der Waals surface area contributed by atoms with E-state index in [2.05, 4.69) is 5.32 Å². The average molecular weight is 238 g/mol. The van der Waals surface area contributed by atoms with Crippen LogP contribution in [0.3, 0.4) is 0 Å². The van der Waals surface area contributed by atoms with Crippen LogP contribution in [-0.4, -0.2) is 31.3 Å². The molecule has 1 aromatic carbocycles. The Kier molecular flexibility index (Phi) is 3.43. The molecule has 6 nitrogen and oxygen atoms in total. The minimum Gasteiger partial charge on any atom is -0.490 e. The van der Waals surface area contributed by atoms with E-state index in [4.69, 9.17) is 9.47 Å². The lowest BCUT2D eigenvalue weighted by Gasteiger charge is -2.12. The molecular weight excluding hydrogens is 224 g/mol. The van der Waals surface area contributed by atoms with Gasteiger partial charge in [0, 0.05) is 18.4 Å². The zero-order chi connectivity index (χ0) is 12.3. The Labute approximate surface area is 98.7 Å². The van der Waals surface area contributed by atoms with E-state index in [9.17, 15) is 10.1 Å². The van der Waals surface area contributed by atoms with Crippen molar-refractivity contribution in [1.82, 2.24) is 0 Å². The number of nitro benzene ring substituents is 1. The molecule has 0 aliphatic carbocycles. The predicted octanol–water partition coefficient (Wildman–Crippen LogP) is 1.80. The van der Waals surface area contributed by atoms with E-state index >= 15 is 0 Å². The number of anilines is 1. The van der Waals surface area contributed by atoms with Gasteiger partial charge in [-0.2, -0.15) is 0 Å². The summed E-state index contributed by atoms with van der Waals surface area (Å²) in [4.78, 5) is 10.4. The van der Waals surface area contributed by atoms with Gasteiger partial charge in [-0.15, -0.1) is 0 Å². The minimum absolute atomic E-state index is 0.0311. The number of methoxy groups -OCH3 is 1. The van der Waals surface area contributed by atoms with Gasteiger partial charge < -0.3 is 14.8 Å². The monoisotopic (exact) mass is 238 g/mol. The number of rotatable bonds is 4. The van der Waals surface area contributed by atoms with E-state index in [-0.39, 0.29) is 17.5 Å². The summed E-state index contributed by atoms with van der Waals surface area (Å²) in [5, 5.41) is 14.0. The molecule has 0 spiro atoms. The smallest absolute Gasteiger partial charge is 0.312 e. The zero-order valence-electron chi connectivity index (χ0n) is 9.51. The Morgan fingerprint density at radius 3 is 3.00 bits per heavy atom. The number of hydrogen-bond donors (Lipinski definition) is 1. The van der Waals surface area contributed by atoms with Gasteiger partial charge in [0.2, 0.25) is 0 Å². The molecule has 1 aromatic rings. The van der Waals surface area contributed by atoms with Gasteiger partial charge in [-0.1, -0.05) is 0 Å². The summed E-state index contributed by atoms with van der Waals surface area (Å²) in [6.45, 7) is 1.37. The summed E-state index contributed by atoms with van der Waals surface area (Å²) < 4.78 is 10.2. The summed E-state index contributed by atoms with van der Waals surface area (Å²) in [5.41, 5.74) is 0.685. The molecule has 1 atom stereocenters. The first-order chi connectivity index (χ1) is 8.20. The first-order valence-electron chi connectivity index (χ1n) is 5.37. The fraction of sp³-hybridized carbons (Fsp3) is 0.455. The van der Waals surface area contributed by atoms with Crippen LogP contribution >= 0.6 is 0 Å². The normalized spacial score (nSPS) is 19.0. The van der Waals surface area contributed by atoms with E-state index in [1.165, 1.54) is 13.2 Å². The van der Waals surface area contributed by atoms with Crippen molar-refractivity contribution < 1.29 is 14.4 Å². The van der Waals surface area contributed by atoms with Crippen LogP contribution < -0.4 is 10.1 Å². The number of hydrogen-bond acceptors (Lipinski definition) is 5. The Morgan fingerprint density at radius 2 is 2.41 bits per heavy atom. The number of nitro groups is 1. The molecule has 0 aromatic heterocycles. The second kappa shape index (κ2) is 5.01. The molecule has 0 saturated carbocycles. The zero-order valence-corrected chi connectivity index (χ0v) is 9.51. The van der Waals surface area contributed by atoms with Crippen molar-refractivity contribution in [2.24, 2.45) is 0 Å². The van der Waals surface area contributed by atoms with Gasteiger partial charge in [-0.05, 0) is 18.6 Å². The van der Waals surface area contributed by atoms with Gasteiger partial charge in [0.05, 0.1) is 24.7 Å². The molecule has 1 heterocycles. The number of ether oxygens (including phenoxy) is 2. The molecule has 1 saturated heterocycles. The van der Waals surface area contributed by atoms with Gasteiger partial charge in [0.15, 0.2) is 5.75 Å². The van der Waals surface area contributed by atoms with E-state index in [0.29, 0.717) is 12.3 Å². The molecule has 17 heavy (non-hydrogen) atoms. The van der Waals surface area contributed by atoms with Gasteiger partial charge in [-0.3, -0.25) is 10.1 Å². The van der Waals surface area contributed by atoms with Crippen molar-refractivity contribution in [3.8, 4) is 5.75 Å². The Hall–Kier alpha value is -1.82. The summed E-state index contributed by atoms with van der Waals surface area (Å²) in [6.07, 6.45) is 0.916. The number of benzene rings is 1. The molecule has 1 unspecified atom stereocenters. The number of nitrogens with zero attached hydrogens (tertiary/aromatic N) is 1. The molecule has 1 fully saturated rings. The van der Waals surface area contributed by atoms with E-state index in [1.807, 2.05) is 0 Å². The second-order valence-electron chi connectivity index (χ2n) is 3.85. The second-order valence-corrected chi connectivity index (χ2v) is 3.85. The van der Waals surface area contributed by atoms with Crippen LogP contribution in [0, 0.1) is 10.1 Å². The van der Waals surface area contributed by atoms with Crippen LogP contribution in [0.1, 0.15) is 6.42 Å². The minimum atomic E-state index is -0.449. The fourth-order valence-electron chi connectivity index (χ4n) is 1.81. The van der Waals surface area contributed by atoms with Gasteiger partial charge >= 0.3 is 5.69 Å². The highest BCUT2D eigenvalue weighted by atomic mass is 16.6. The third kappa shape index (κ3) is 2.65. The summed E-state index contributed by atoms with van der Waals surface area (Å²) in [6, 6.07) is 5.07. The Bertz CT molecular complexity index is 416.